The van der Waals surface area contributed by atoms with E-state index < -0.39 is 11.9 Å². The van der Waals surface area contributed by atoms with Crippen LogP contribution in [0.2, 0.25) is 0 Å². The second-order valence-corrected chi connectivity index (χ2v) is 4.18. The number of nitrogens with zero attached hydrogens (tertiary/aromatic N) is 1. The number of likely N-dealkylation sites (N-methyl/N-ethyl adjacent to an activating group) is 1. The van der Waals surface area contributed by atoms with Crippen molar-refractivity contribution < 1.29 is 19.1 Å². The van der Waals surface area contributed by atoms with Gasteiger partial charge in [0.05, 0.1) is 12.5 Å². The molecule has 0 aliphatic carbocycles. The van der Waals surface area contributed by atoms with Crippen LogP contribution in [0.25, 0.3) is 0 Å². The second-order valence-electron chi connectivity index (χ2n) is 4.18. The number of esters is 1. The number of imide groups is 1. The van der Waals surface area contributed by atoms with Crippen molar-refractivity contribution in [2.24, 2.45) is 11.8 Å². The Bertz CT molecular complexity index is 416. The largest absolute Gasteiger partial charge is 0.465 e. The molecule has 2 unspecified atom stereocenters. The summed E-state index contributed by atoms with van der Waals surface area (Å²) in [6.45, 7) is 2.17. The molecule has 2 aliphatic rings. The number of hydrogen-bond acceptors (Lipinski definition) is 4. The van der Waals surface area contributed by atoms with Crippen molar-refractivity contribution in [2.45, 2.75) is 13.3 Å². The van der Waals surface area contributed by atoms with Crippen LogP contribution >= 0.6 is 0 Å². The summed E-state index contributed by atoms with van der Waals surface area (Å²) in [7, 11) is 1.52. The molecule has 1 N–H and O–H groups in total. The van der Waals surface area contributed by atoms with Gasteiger partial charge in [-0.25, -0.2) is 4.79 Å². The Morgan fingerprint density at radius 1 is 1.47 bits per heavy atom. The van der Waals surface area contributed by atoms with E-state index in [4.69, 9.17) is 4.74 Å². The van der Waals surface area contributed by atoms with E-state index >= 15 is 0 Å². The molecule has 0 spiro atoms. The Balaban J connectivity index is 2.22. The van der Waals surface area contributed by atoms with Crippen LogP contribution in [0.3, 0.4) is 0 Å². The van der Waals surface area contributed by atoms with Gasteiger partial charge in [0.15, 0.2) is 0 Å². The van der Waals surface area contributed by atoms with Gasteiger partial charge in [0.2, 0.25) is 0 Å². The van der Waals surface area contributed by atoms with Crippen LogP contribution in [-0.2, 0) is 14.3 Å². The first-order chi connectivity index (χ1) is 8.04. The fraction of sp³-hybridized carbons (Fsp3) is 0.545. The molecule has 0 bridgehead atoms. The molecule has 0 aromatic carbocycles. The quantitative estimate of drug-likeness (QED) is 0.425. The minimum atomic E-state index is -0.445. The van der Waals surface area contributed by atoms with Crippen molar-refractivity contribution in [3.8, 4) is 0 Å². The van der Waals surface area contributed by atoms with E-state index in [1.807, 2.05) is 6.92 Å². The van der Waals surface area contributed by atoms with Crippen LogP contribution in [0.1, 0.15) is 13.3 Å². The summed E-state index contributed by atoms with van der Waals surface area (Å²) in [4.78, 5) is 35.4. The topological polar surface area (TPSA) is 75.7 Å². The predicted molar refractivity (Wildman–Crippen MR) is 57.6 cm³/mol. The van der Waals surface area contributed by atoms with Crippen LogP contribution < -0.4 is 5.32 Å². The van der Waals surface area contributed by atoms with Gasteiger partial charge >= 0.3 is 12.0 Å². The molecule has 0 aromatic rings. The van der Waals surface area contributed by atoms with E-state index in [1.165, 1.54) is 11.9 Å². The molecule has 2 fully saturated rings. The lowest BCUT2D eigenvalue weighted by molar-refractivity contribution is -0.141. The first kappa shape index (κ1) is 11.6. The number of urea groups is 1. The van der Waals surface area contributed by atoms with Crippen LogP contribution in [-0.4, -0.2) is 36.5 Å². The summed E-state index contributed by atoms with van der Waals surface area (Å²) in [5.74, 6) is -1.02. The summed E-state index contributed by atoms with van der Waals surface area (Å²) >= 11 is 0. The molecule has 0 aromatic heterocycles. The standard InChI is InChI=1S/C11H14N2O4/c1-3-7-6(5-17-10(7)15)4-8-9(14)12-11(16)13(8)2/h4,6-7H,3,5H2,1-2H3,(H,12,14,16). The maximum absolute atomic E-state index is 11.5. The molecule has 92 valence electrons. The molecule has 17 heavy (non-hydrogen) atoms. The summed E-state index contributed by atoms with van der Waals surface area (Å²) in [5.41, 5.74) is 0.289. The van der Waals surface area contributed by atoms with Gasteiger partial charge < -0.3 is 4.74 Å². The second kappa shape index (κ2) is 4.20. The number of cyclic esters (lactones) is 1. The molecule has 0 radical (unpaired) electrons. The minimum absolute atomic E-state index is 0.137. The van der Waals surface area contributed by atoms with Crippen molar-refractivity contribution >= 4 is 17.9 Å². The number of carbonyl (C=O) groups is 3. The Kier molecular flexibility index (Phi) is 2.87. The Hall–Kier alpha value is -1.85. The SMILES string of the molecule is CCC1C(=O)OCC1C=C1C(=O)NC(=O)N1C. The molecule has 2 rings (SSSR count). The summed E-state index contributed by atoms with van der Waals surface area (Å²) in [6, 6.07) is -0.445. The van der Waals surface area contributed by atoms with Crippen LogP contribution in [0.15, 0.2) is 11.8 Å². The lowest BCUT2D eigenvalue weighted by Crippen LogP contribution is -2.24. The molecule has 6 nitrogen and oxygen atoms in total. The van der Waals surface area contributed by atoms with Crippen molar-refractivity contribution in [3.63, 3.8) is 0 Å². The molecule has 2 heterocycles. The fourth-order valence-electron chi connectivity index (χ4n) is 2.11. The molecule has 6 heteroatoms. The van der Waals surface area contributed by atoms with Gasteiger partial charge in [-0.3, -0.25) is 19.8 Å². The first-order valence-electron chi connectivity index (χ1n) is 5.52. The maximum Gasteiger partial charge on any atom is 0.328 e. The zero-order valence-electron chi connectivity index (χ0n) is 9.73. The van der Waals surface area contributed by atoms with Crippen molar-refractivity contribution in [3.05, 3.63) is 11.8 Å². The van der Waals surface area contributed by atoms with Crippen LogP contribution in [0.4, 0.5) is 4.79 Å². The fourth-order valence-corrected chi connectivity index (χ4v) is 2.11. The highest BCUT2D eigenvalue weighted by molar-refractivity contribution is 6.11. The van der Waals surface area contributed by atoms with Gasteiger partial charge in [0, 0.05) is 13.0 Å². The lowest BCUT2D eigenvalue weighted by Gasteiger charge is -2.12. The third-order valence-electron chi connectivity index (χ3n) is 3.17. The average molecular weight is 238 g/mol. The van der Waals surface area contributed by atoms with E-state index in [0.717, 1.165) is 0 Å². The first-order valence-corrected chi connectivity index (χ1v) is 5.52. The normalized spacial score (nSPS) is 31.1. The summed E-state index contributed by atoms with van der Waals surface area (Å²) < 4.78 is 4.96. The molecule has 0 saturated carbocycles. The molecule has 2 aliphatic heterocycles. The van der Waals surface area contributed by atoms with Crippen molar-refractivity contribution in [2.75, 3.05) is 13.7 Å². The number of carbonyl (C=O) groups excluding carboxylic acids is 3. The molecule has 2 saturated heterocycles. The van der Waals surface area contributed by atoms with Crippen LogP contribution in [0.5, 0.6) is 0 Å². The van der Waals surface area contributed by atoms with Gasteiger partial charge in [-0.2, -0.15) is 0 Å². The highest BCUT2D eigenvalue weighted by atomic mass is 16.5. The Morgan fingerprint density at radius 3 is 2.71 bits per heavy atom. The van der Waals surface area contributed by atoms with Crippen LogP contribution in [0, 0.1) is 11.8 Å². The van der Waals surface area contributed by atoms with Gasteiger partial charge in [0.1, 0.15) is 5.70 Å². The zero-order valence-corrected chi connectivity index (χ0v) is 9.73. The van der Waals surface area contributed by atoms with Gasteiger partial charge in [-0.05, 0) is 12.5 Å². The molecular weight excluding hydrogens is 224 g/mol. The third-order valence-corrected chi connectivity index (χ3v) is 3.17. The molecule has 3 amide bonds. The van der Waals surface area contributed by atoms with Crippen molar-refractivity contribution in [1.29, 1.82) is 0 Å². The Morgan fingerprint density at radius 2 is 2.18 bits per heavy atom. The minimum Gasteiger partial charge on any atom is -0.465 e. The molecular formula is C11H14N2O4. The van der Waals surface area contributed by atoms with E-state index in [9.17, 15) is 14.4 Å². The van der Waals surface area contributed by atoms with E-state index in [-0.39, 0.29) is 30.1 Å². The third kappa shape index (κ3) is 1.90. The average Bonchev–Trinajstić information content (AvgIpc) is 2.75. The van der Waals surface area contributed by atoms with E-state index in [2.05, 4.69) is 5.32 Å². The number of hydrogen-bond donors (Lipinski definition) is 1. The molecule has 2 atom stereocenters. The number of rotatable bonds is 2. The lowest BCUT2D eigenvalue weighted by atomic mass is 9.92. The van der Waals surface area contributed by atoms with E-state index in [0.29, 0.717) is 6.42 Å². The summed E-state index contributed by atoms with van der Waals surface area (Å²) in [5, 5.41) is 2.19. The maximum atomic E-state index is 11.5. The van der Waals surface area contributed by atoms with Gasteiger partial charge in [-0.15, -0.1) is 0 Å². The highest BCUT2D eigenvalue weighted by Crippen LogP contribution is 2.28. The predicted octanol–water partition coefficient (Wildman–Crippen LogP) is 0.251. The highest BCUT2D eigenvalue weighted by Gasteiger charge is 2.37. The monoisotopic (exact) mass is 238 g/mol. The van der Waals surface area contributed by atoms with Gasteiger partial charge in [0.25, 0.3) is 5.91 Å². The summed E-state index contributed by atoms with van der Waals surface area (Å²) in [6.07, 6.45) is 2.31. The number of ether oxygens (including phenoxy) is 1. The number of amides is 3. The van der Waals surface area contributed by atoms with Crippen molar-refractivity contribution in [1.82, 2.24) is 10.2 Å². The van der Waals surface area contributed by atoms with E-state index in [1.54, 1.807) is 6.08 Å². The Labute approximate surface area is 98.6 Å². The zero-order chi connectivity index (χ0) is 12.6. The van der Waals surface area contributed by atoms with Gasteiger partial charge in [-0.1, -0.05) is 6.92 Å². The number of nitrogens with one attached hydrogen (secondary N) is 1. The smallest absolute Gasteiger partial charge is 0.328 e.